The van der Waals surface area contributed by atoms with Crippen LogP contribution in [0.15, 0.2) is 53.4 Å². The first kappa shape index (κ1) is 38.8. The molecule has 13 nitrogen and oxygen atoms in total. The van der Waals surface area contributed by atoms with E-state index in [1.54, 1.807) is 0 Å². The van der Waals surface area contributed by atoms with E-state index >= 15 is 0 Å². The highest BCUT2D eigenvalue weighted by molar-refractivity contribution is 7.89. The summed E-state index contributed by atoms with van der Waals surface area (Å²) in [6, 6.07) is 11.8. The van der Waals surface area contributed by atoms with E-state index in [-0.39, 0.29) is 48.5 Å². The third kappa shape index (κ3) is 9.92. The van der Waals surface area contributed by atoms with Crippen LogP contribution in [0.4, 0.5) is 4.79 Å². The van der Waals surface area contributed by atoms with Crippen LogP contribution in [-0.2, 0) is 30.7 Å². The number of carbonyl (C=O) groups excluding carboxylic acids is 2. The van der Waals surface area contributed by atoms with Crippen LogP contribution in [0.2, 0.25) is 0 Å². The zero-order valence-electron chi connectivity index (χ0n) is 30.2. The Labute approximate surface area is 301 Å². The van der Waals surface area contributed by atoms with Gasteiger partial charge in [-0.3, -0.25) is 4.79 Å². The zero-order valence-corrected chi connectivity index (χ0v) is 31.0. The van der Waals surface area contributed by atoms with Crippen LogP contribution in [0, 0.1) is 16.7 Å². The third-order valence-electron chi connectivity index (χ3n) is 9.69. The van der Waals surface area contributed by atoms with Crippen LogP contribution in [0.3, 0.4) is 0 Å². The van der Waals surface area contributed by atoms with Gasteiger partial charge in [0, 0.05) is 38.0 Å². The molecule has 2 aromatic carbocycles. The molecule has 51 heavy (non-hydrogen) atoms. The minimum absolute atomic E-state index is 0.00519. The molecule has 2 amide bonds. The second-order valence-electron chi connectivity index (χ2n) is 15.8. The predicted octanol–water partition coefficient (Wildman–Crippen LogP) is 3.14. The van der Waals surface area contributed by atoms with Crippen molar-refractivity contribution in [3.8, 4) is 11.5 Å². The summed E-state index contributed by atoms with van der Waals surface area (Å²) < 4.78 is 52.5. The van der Waals surface area contributed by atoms with Crippen molar-refractivity contribution in [1.29, 1.82) is 0 Å². The maximum absolute atomic E-state index is 14.5. The number of hydrogen-bond acceptors (Lipinski definition) is 10. The first-order chi connectivity index (χ1) is 24.0. The standard InChI is InChI=1S/C37H53N3O10S/c1-36(2,3)20-33(42)38-16-9-15-37(4,5)23-39(51(45,46)26-12-13-31-32(19-26)50-24-49-31)21-30(41)28(18-25-10-7-6-8-11-25)40(35(43)44)29-22-48-34-27(29)14-17-47-34/h6-8,10-13,19,27-30,34,41H,9,14-18,20-24H2,1-5H3,(H,38,42)(H,43,44)/p-1/t27-,28-,29-,30+,34+/m0/s1. The van der Waals surface area contributed by atoms with Crippen molar-refractivity contribution in [3.63, 3.8) is 0 Å². The number of sulfonamides is 1. The Bertz CT molecular complexity index is 1610. The first-order valence-electron chi connectivity index (χ1n) is 17.7. The van der Waals surface area contributed by atoms with Gasteiger partial charge in [-0.05, 0) is 54.2 Å². The van der Waals surface area contributed by atoms with Gasteiger partial charge >= 0.3 is 0 Å². The first-order valence-corrected chi connectivity index (χ1v) is 19.1. The fraction of sp³-hybridized carbons (Fsp3) is 0.622. The number of aliphatic hydroxyl groups is 1. The molecule has 0 unspecified atom stereocenters. The zero-order chi connectivity index (χ0) is 37.0. The van der Waals surface area contributed by atoms with Crippen molar-refractivity contribution < 1.29 is 47.2 Å². The molecule has 2 saturated heterocycles. The quantitative estimate of drug-likeness (QED) is 0.245. The second kappa shape index (κ2) is 16.1. The fourth-order valence-electron chi connectivity index (χ4n) is 7.18. The van der Waals surface area contributed by atoms with Crippen molar-refractivity contribution in [2.24, 2.45) is 16.7 Å². The van der Waals surface area contributed by atoms with E-state index in [1.165, 1.54) is 22.5 Å². The van der Waals surface area contributed by atoms with Crippen LogP contribution in [0.25, 0.3) is 0 Å². The maximum atomic E-state index is 14.5. The fourth-order valence-corrected chi connectivity index (χ4v) is 8.84. The summed E-state index contributed by atoms with van der Waals surface area (Å²) in [6.45, 7) is 10.4. The van der Waals surface area contributed by atoms with Gasteiger partial charge in [0.15, 0.2) is 17.8 Å². The van der Waals surface area contributed by atoms with Crippen molar-refractivity contribution in [3.05, 3.63) is 54.1 Å². The number of carbonyl (C=O) groups is 2. The van der Waals surface area contributed by atoms with Crippen molar-refractivity contribution in [2.75, 3.05) is 39.6 Å². The van der Waals surface area contributed by atoms with E-state index in [1.807, 2.05) is 65.0 Å². The summed E-state index contributed by atoms with van der Waals surface area (Å²) in [6.07, 6.45) is -1.23. The van der Waals surface area contributed by atoms with Crippen LogP contribution in [-0.4, -0.2) is 98.8 Å². The largest absolute Gasteiger partial charge is 0.530 e. The van der Waals surface area contributed by atoms with Gasteiger partial charge in [-0.2, -0.15) is 4.31 Å². The monoisotopic (exact) mass is 730 g/mol. The number of ether oxygens (including phenoxy) is 4. The molecule has 0 bridgehead atoms. The van der Waals surface area contributed by atoms with Crippen molar-refractivity contribution in [1.82, 2.24) is 14.5 Å². The van der Waals surface area contributed by atoms with E-state index in [0.717, 1.165) is 10.5 Å². The molecule has 2 fully saturated rings. The third-order valence-corrected chi connectivity index (χ3v) is 11.5. The summed E-state index contributed by atoms with van der Waals surface area (Å²) in [4.78, 5) is 26.4. The highest BCUT2D eigenvalue weighted by atomic mass is 32.2. The highest BCUT2D eigenvalue weighted by Crippen LogP contribution is 2.38. The van der Waals surface area contributed by atoms with E-state index < -0.39 is 52.6 Å². The molecule has 2 aromatic rings. The molecule has 14 heteroatoms. The molecule has 0 radical (unpaired) electrons. The molecule has 3 aliphatic heterocycles. The molecule has 5 atom stereocenters. The van der Waals surface area contributed by atoms with Gasteiger partial charge in [0.05, 0.1) is 36.3 Å². The molecule has 0 saturated carbocycles. The van der Waals surface area contributed by atoms with Gasteiger partial charge in [-0.15, -0.1) is 0 Å². The second-order valence-corrected chi connectivity index (χ2v) is 17.7. The number of carboxylic acid groups (broad SMARTS) is 1. The van der Waals surface area contributed by atoms with E-state index in [4.69, 9.17) is 18.9 Å². The van der Waals surface area contributed by atoms with Crippen LogP contribution < -0.4 is 19.9 Å². The molecule has 3 aliphatic rings. The average molecular weight is 731 g/mol. The number of nitrogens with one attached hydrogen (secondary N) is 1. The van der Waals surface area contributed by atoms with E-state index in [9.17, 15) is 28.2 Å². The van der Waals surface area contributed by atoms with Crippen LogP contribution >= 0.6 is 0 Å². The Morgan fingerprint density at radius 3 is 2.47 bits per heavy atom. The smallest absolute Gasteiger partial charge is 0.243 e. The number of hydrogen-bond donors (Lipinski definition) is 2. The Kier molecular flexibility index (Phi) is 12.2. The molecular weight excluding hydrogens is 678 g/mol. The Morgan fingerprint density at radius 1 is 1.04 bits per heavy atom. The van der Waals surface area contributed by atoms with Crippen molar-refractivity contribution in [2.45, 2.75) is 96.1 Å². The summed E-state index contributed by atoms with van der Waals surface area (Å²) in [5.41, 5.74) is 0.0228. The van der Waals surface area contributed by atoms with Crippen LogP contribution in [0.5, 0.6) is 11.5 Å². The van der Waals surface area contributed by atoms with Gasteiger partial charge in [0.2, 0.25) is 22.7 Å². The Morgan fingerprint density at radius 2 is 1.76 bits per heavy atom. The number of nitrogens with zero attached hydrogens (tertiary/aromatic N) is 2. The SMILES string of the molecule is CC(C)(C)CC(=O)NCCCC(C)(C)CN(C[C@@H](O)[C@H](Cc1ccccc1)N(C(=O)[O-])[C@H]1CO[C@H]2OCC[C@H]21)S(=O)(=O)c1ccc2c(c1)OCO2. The molecule has 5 rings (SSSR count). The van der Waals surface area contributed by atoms with Gasteiger partial charge in [0.1, 0.15) is 6.09 Å². The van der Waals surface area contributed by atoms with E-state index in [2.05, 4.69) is 5.32 Å². The van der Waals surface area contributed by atoms with Gasteiger partial charge in [0.25, 0.3) is 0 Å². The van der Waals surface area contributed by atoms with Gasteiger partial charge < -0.3 is 44.2 Å². The molecule has 282 valence electrons. The Balaban J connectivity index is 1.42. The van der Waals surface area contributed by atoms with Crippen LogP contribution in [0.1, 0.15) is 65.9 Å². The number of fused-ring (bicyclic) bond motifs is 2. The van der Waals surface area contributed by atoms with Gasteiger partial charge in [-0.1, -0.05) is 65.0 Å². The Hall–Kier alpha value is -3.43. The lowest BCUT2D eigenvalue weighted by molar-refractivity contribution is -0.273. The average Bonchev–Trinajstić information content (AvgIpc) is 3.80. The minimum atomic E-state index is -4.26. The molecule has 0 aromatic heterocycles. The molecular formula is C37H52N3O10S-. The predicted molar refractivity (Wildman–Crippen MR) is 186 cm³/mol. The molecule has 2 N–H and O–H groups in total. The van der Waals surface area contributed by atoms with Crippen molar-refractivity contribution >= 4 is 22.0 Å². The lowest BCUT2D eigenvalue weighted by Gasteiger charge is -2.43. The number of rotatable bonds is 16. The molecule has 0 spiro atoms. The summed E-state index contributed by atoms with van der Waals surface area (Å²) in [5.74, 6) is 0.432. The molecule has 0 aliphatic carbocycles. The van der Waals surface area contributed by atoms with E-state index in [0.29, 0.717) is 50.3 Å². The maximum Gasteiger partial charge on any atom is 0.243 e. The van der Waals surface area contributed by atoms with Gasteiger partial charge in [-0.25, -0.2) is 8.42 Å². The number of benzene rings is 2. The minimum Gasteiger partial charge on any atom is -0.530 e. The summed E-state index contributed by atoms with van der Waals surface area (Å²) in [7, 11) is -4.26. The lowest BCUT2D eigenvalue weighted by atomic mass is 9.87. The number of aliphatic hydroxyl groups excluding tert-OH is 1. The topological polar surface area (TPSA) is 167 Å². The molecule has 3 heterocycles. The lowest BCUT2D eigenvalue weighted by Crippen LogP contribution is -2.61. The normalized spacial score (nSPS) is 21.4. The summed E-state index contributed by atoms with van der Waals surface area (Å²) in [5, 5.41) is 28.0. The number of amides is 2. The highest BCUT2D eigenvalue weighted by Gasteiger charge is 2.47. The summed E-state index contributed by atoms with van der Waals surface area (Å²) >= 11 is 0.